The van der Waals surface area contributed by atoms with Crippen LogP contribution in [0.3, 0.4) is 0 Å². The first-order chi connectivity index (χ1) is 5.63. The zero-order chi connectivity index (χ0) is 9.98. The fourth-order valence-corrected chi connectivity index (χ4v) is 0.730. The molecule has 0 aromatic heterocycles. The molecule has 0 bridgehead atoms. The van der Waals surface area contributed by atoms with Crippen molar-refractivity contribution in [3.8, 4) is 0 Å². The van der Waals surface area contributed by atoms with Crippen LogP contribution in [0.15, 0.2) is 0 Å². The molecule has 0 radical (unpaired) electrons. The van der Waals surface area contributed by atoms with Gasteiger partial charge in [-0.1, -0.05) is 0 Å². The lowest BCUT2D eigenvalue weighted by atomic mass is 10.3. The van der Waals surface area contributed by atoms with Crippen molar-refractivity contribution in [1.82, 2.24) is 0 Å². The molecular weight excluding hydrogens is 216 g/mol. The number of hydrogen-bond acceptors (Lipinski definition) is 6. The lowest BCUT2D eigenvalue weighted by molar-refractivity contribution is 0.0504. The normalized spacial score (nSPS) is 14.5. The van der Waals surface area contributed by atoms with Crippen LogP contribution >= 0.6 is 37.9 Å². The van der Waals surface area contributed by atoms with Gasteiger partial charge in [-0.15, -0.1) is 0 Å². The highest BCUT2D eigenvalue weighted by Gasteiger charge is 2.10. The summed E-state index contributed by atoms with van der Waals surface area (Å²) in [5.41, 5.74) is 0. The molecule has 0 unspecified atom stereocenters. The minimum atomic E-state index is -0.740. The Morgan fingerprint density at radius 2 is 1.17 bits per heavy atom. The van der Waals surface area contributed by atoms with E-state index >= 15 is 0 Å². The first kappa shape index (κ1) is 15.4. The van der Waals surface area contributed by atoms with Crippen molar-refractivity contribution >= 4 is 37.9 Å². The molecule has 0 aliphatic heterocycles. The number of rotatable bonds is 4. The van der Waals surface area contributed by atoms with Crippen LogP contribution in [-0.4, -0.2) is 51.4 Å². The van der Waals surface area contributed by atoms with Gasteiger partial charge in [-0.2, -0.15) is 37.9 Å². The van der Waals surface area contributed by atoms with Gasteiger partial charge in [0.2, 0.25) is 0 Å². The topological polar surface area (TPSA) is 60.7 Å². The Bertz CT molecular complexity index is 74.4. The van der Waals surface area contributed by atoms with Gasteiger partial charge >= 0.3 is 0 Å². The van der Waals surface area contributed by atoms with Crippen LogP contribution in [-0.2, 0) is 0 Å². The fourth-order valence-electron chi connectivity index (χ4n) is 0.243. The molecule has 0 amide bonds. The minimum Gasteiger partial charge on any atom is -0.396 e. The summed E-state index contributed by atoms with van der Waals surface area (Å²) in [5, 5.41) is 25.3. The van der Waals surface area contributed by atoms with E-state index in [0.29, 0.717) is 5.75 Å². The van der Waals surface area contributed by atoms with E-state index < -0.39 is 12.2 Å². The third-order valence-corrected chi connectivity index (χ3v) is 1.87. The molecule has 0 aliphatic rings. The molecule has 3 N–H and O–H groups in total. The first-order valence-electron chi connectivity index (χ1n) is 3.43. The summed E-state index contributed by atoms with van der Waals surface area (Å²) in [6.07, 6.45) is -1.48. The van der Waals surface area contributed by atoms with Crippen molar-refractivity contribution in [1.29, 1.82) is 0 Å². The molecule has 76 valence electrons. The summed E-state index contributed by atoms with van der Waals surface area (Å²) in [5.74, 6) is 1.13. The van der Waals surface area contributed by atoms with Crippen molar-refractivity contribution < 1.29 is 15.3 Å². The van der Waals surface area contributed by atoms with E-state index in [1.165, 1.54) is 0 Å². The van der Waals surface area contributed by atoms with E-state index in [-0.39, 0.29) is 18.1 Å². The zero-order valence-corrected chi connectivity index (χ0v) is 9.35. The summed E-state index contributed by atoms with van der Waals surface area (Å²) in [7, 11) is 0. The summed E-state index contributed by atoms with van der Waals surface area (Å²) >= 11 is 11.2. The van der Waals surface area contributed by atoms with Crippen LogP contribution in [0.5, 0.6) is 0 Å². The van der Waals surface area contributed by atoms with Crippen molar-refractivity contribution in [2.45, 2.75) is 12.2 Å². The minimum absolute atomic E-state index is 0.184. The van der Waals surface area contributed by atoms with Crippen molar-refractivity contribution in [2.75, 3.05) is 23.9 Å². The van der Waals surface area contributed by atoms with Crippen molar-refractivity contribution in [3.63, 3.8) is 0 Å². The highest BCUT2D eigenvalue weighted by molar-refractivity contribution is 7.80. The summed E-state index contributed by atoms with van der Waals surface area (Å²) in [6.45, 7) is 0.184. The van der Waals surface area contributed by atoms with Crippen molar-refractivity contribution in [2.24, 2.45) is 0 Å². The molecule has 0 fully saturated rings. The molecule has 6 heteroatoms. The van der Waals surface area contributed by atoms with E-state index in [4.69, 9.17) is 15.3 Å². The van der Waals surface area contributed by atoms with Crippen LogP contribution in [0.1, 0.15) is 0 Å². The number of hydrogen-bond donors (Lipinski definition) is 6. The van der Waals surface area contributed by atoms with Gasteiger partial charge < -0.3 is 15.3 Å². The van der Waals surface area contributed by atoms with Crippen molar-refractivity contribution in [3.05, 3.63) is 0 Å². The van der Waals surface area contributed by atoms with Crippen LogP contribution < -0.4 is 0 Å². The average molecular weight is 232 g/mol. The second-order valence-electron chi connectivity index (χ2n) is 1.95. The Labute approximate surface area is 89.4 Å². The van der Waals surface area contributed by atoms with Gasteiger partial charge in [-0.05, 0) is 0 Å². The predicted molar refractivity (Wildman–Crippen MR) is 60.7 cm³/mol. The van der Waals surface area contributed by atoms with Gasteiger partial charge in [-0.25, -0.2) is 0 Å². The third kappa shape index (κ3) is 10.9. The summed E-state index contributed by atoms with van der Waals surface area (Å²) in [6, 6.07) is 0. The highest BCUT2D eigenvalue weighted by Crippen LogP contribution is 1.96. The number of aliphatic hydroxyl groups is 3. The van der Waals surface area contributed by atoms with E-state index in [1.807, 2.05) is 0 Å². The molecule has 0 rings (SSSR count). The van der Waals surface area contributed by atoms with Gasteiger partial charge in [0.15, 0.2) is 0 Å². The molecule has 0 heterocycles. The molecule has 0 aliphatic carbocycles. The quantitative estimate of drug-likeness (QED) is 0.370. The Morgan fingerprint density at radius 3 is 1.25 bits per heavy atom. The fraction of sp³-hybridized carbons (Fsp3) is 1.00. The van der Waals surface area contributed by atoms with Gasteiger partial charge in [-0.3, -0.25) is 0 Å². The molecule has 12 heavy (non-hydrogen) atoms. The number of aliphatic hydroxyl groups excluding tert-OH is 3. The van der Waals surface area contributed by atoms with Crippen LogP contribution in [0, 0.1) is 0 Å². The summed E-state index contributed by atoms with van der Waals surface area (Å²) < 4.78 is 0. The maximum Gasteiger partial charge on any atom is 0.0894 e. The van der Waals surface area contributed by atoms with Crippen LogP contribution in [0.25, 0.3) is 0 Å². The molecule has 0 spiro atoms. The van der Waals surface area contributed by atoms with Crippen LogP contribution in [0.4, 0.5) is 0 Å². The second kappa shape index (κ2) is 11.9. The highest BCUT2D eigenvalue weighted by atomic mass is 32.1. The Hall–Kier alpha value is 0.930. The molecule has 0 aromatic rings. The molecule has 3 nitrogen and oxygen atoms in total. The largest absolute Gasteiger partial charge is 0.396 e. The zero-order valence-electron chi connectivity index (χ0n) is 6.67. The Kier molecular flexibility index (Phi) is 15.3. The SMILES string of the molecule is OCCS.O[C@H](CS)[C@@H](O)CS. The van der Waals surface area contributed by atoms with Crippen LogP contribution in [0.2, 0.25) is 0 Å². The third-order valence-electron chi connectivity index (χ3n) is 0.918. The maximum atomic E-state index is 8.75. The standard InChI is InChI=1S/C4H10O2S2.C2H6OS/c5-3(1-7)4(6)2-8;3-1-2-4/h3-8H,1-2H2;3-4H,1-2H2/t3-,4+;. The summed E-state index contributed by atoms with van der Waals surface area (Å²) in [4.78, 5) is 0. The van der Waals surface area contributed by atoms with Gasteiger partial charge in [0.05, 0.1) is 18.8 Å². The number of thiol groups is 3. The lowest BCUT2D eigenvalue weighted by Gasteiger charge is -2.11. The molecule has 2 atom stereocenters. The van der Waals surface area contributed by atoms with Gasteiger partial charge in [0, 0.05) is 17.3 Å². The molecule has 0 aromatic carbocycles. The lowest BCUT2D eigenvalue weighted by Crippen LogP contribution is -2.28. The van der Waals surface area contributed by atoms with E-state index in [1.54, 1.807) is 0 Å². The second-order valence-corrected chi connectivity index (χ2v) is 3.12. The first-order valence-corrected chi connectivity index (χ1v) is 5.33. The van der Waals surface area contributed by atoms with Gasteiger partial charge in [0.1, 0.15) is 0 Å². The van der Waals surface area contributed by atoms with E-state index in [9.17, 15) is 0 Å². The smallest absolute Gasteiger partial charge is 0.0894 e. The van der Waals surface area contributed by atoms with E-state index in [2.05, 4.69) is 37.9 Å². The van der Waals surface area contributed by atoms with E-state index in [0.717, 1.165) is 0 Å². The molecule has 0 saturated heterocycles. The predicted octanol–water partition coefficient (Wildman–Crippen LogP) is -0.524. The molecular formula is C6H16O3S3. The Balaban J connectivity index is 0. The monoisotopic (exact) mass is 232 g/mol. The maximum absolute atomic E-state index is 8.75. The van der Waals surface area contributed by atoms with Gasteiger partial charge in [0.25, 0.3) is 0 Å². The Morgan fingerprint density at radius 1 is 0.917 bits per heavy atom. The average Bonchev–Trinajstić information content (AvgIpc) is 2.15. The molecule has 0 saturated carbocycles.